The molecular weight excluding hydrogens is 260 g/mol. The summed E-state index contributed by atoms with van der Waals surface area (Å²) in [6, 6.07) is 6.29. The fourth-order valence-corrected chi connectivity index (χ4v) is 2.35. The molecule has 0 aliphatic carbocycles. The van der Waals surface area contributed by atoms with Gasteiger partial charge in [-0.15, -0.1) is 0 Å². The zero-order valence-corrected chi connectivity index (χ0v) is 14.3. The van der Waals surface area contributed by atoms with Gasteiger partial charge in [-0.05, 0) is 35.4 Å². The van der Waals surface area contributed by atoms with Crippen LogP contribution in [0.15, 0.2) is 18.2 Å². The normalized spacial score (nSPS) is 11.5. The van der Waals surface area contributed by atoms with Gasteiger partial charge >= 0.3 is 0 Å². The van der Waals surface area contributed by atoms with Crippen LogP contribution in [0, 0.1) is 5.92 Å². The summed E-state index contributed by atoms with van der Waals surface area (Å²) in [5, 5.41) is 6.30. The Kier molecular flexibility index (Phi) is 6.90. The quantitative estimate of drug-likeness (QED) is 0.793. The highest BCUT2D eigenvalue weighted by atomic mass is 16.1. The molecule has 1 aromatic carbocycles. The zero-order chi connectivity index (χ0) is 16.0. The second-order valence-corrected chi connectivity index (χ2v) is 6.69. The molecular formula is C18H30N2O. The molecule has 0 atom stereocenters. The Morgan fingerprint density at radius 1 is 1.00 bits per heavy atom. The van der Waals surface area contributed by atoms with Gasteiger partial charge in [0.25, 0.3) is 0 Å². The van der Waals surface area contributed by atoms with Crippen molar-refractivity contribution < 1.29 is 4.79 Å². The van der Waals surface area contributed by atoms with Crippen molar-refractivity contribution in [2.45, 2.75) is 53.4 Å². The Morgan fingerprint density at radius 2 is 1.52 bits per heavy atom. The molecule has 3 nitrogen and oxygen atoms in total. The van der Waals surface area contributed by atoms with Crippen LogP contribution in [0.4, 0.5) is 5.69 Å². The SMILES string of the molecule is CC(C)CNCC(=O)Nc1c(C(C)C)cccc1C(C)C. The molecule has 1 amide bonds. The van der Waals surface area contributed by atoms with Gasteiger partial charge in [0.2, 0.25) is 5.91 Å². The number of benzene rings is 1. The molecule has 21 heavy (non-hydrogen) atoms. The van der Waals surface area contributed by atoms with Crippen molar-refractivity contribution in [1.29, 1.82) is 0 Å². The van der Waals surface area contributed by atoms with Crippen molar-refractivity contribution in [3.05, 3.63) is 29.3 Å². The number of anilines is 1. The van der Waals surface area contributed by atoms with Crippen LogP contribution in [0.1, 0.15) is 64.5 Å². The van der Waals surface area contributed by atoms with Crippen molar-refractivity contribution in [3.63, 3.8) is 0 Å². The minimum atomic E-state index is 0.0330. The van der Waals surface area contributed by atoms with E-state index in [0.29, 0.717) is 24.3 Å². The first kappa shape index (κ1) is 17.7. The molecule has 0 unspecified atom stereocenters. The van der Waals surface area contributed by atoms with E-state index in [9.17, 15) is 4.79 Å². The molecule has 3 heteroatoms. The lowest BCUT2D eigenvalue weighted by molar-refractivity contribution is -0.115. The maximum Gasteiger partial charge on any atom is 0.238 e. The summed E-state index contributed by atoms with van der Waals surface area (Å²) in [7, 11) is 0. The minimum absolute atomic E-state index is 0.0330. The molecule has 0 saturated carbocycles. The summed E-state index contributed by atoms with van der Waals surface area (Å²) in [6.45, 7) is 14.1. The Bertz CT molecular complexity index is 438. The molecule has 0 radical (unpaired) electrons. The molecule has 0 heterocycles. The summed E-state index contributed by atoms with van der Waals surface area (Å²) >= 11 is 0. The van der Waals surface area contributed by atoms with Gasteiger partial charge < -0.3 is 10.6 Å². The smallest absolute Gasteiger partial charge is 0.238 e. The molecule has 118 valence electrons. The molecule has 2 N–H and O–H groups in total. The Labute approximate surface area is 129 Å². The molecule has 0 aliphatic heterocycles. The van der Waals surface area contributed by atoms with E-state index in [0.717, 1.165) is 12.2 Å². The Morgan fingerprint density at radius 3 is 1.95 bits per heavy atom. The molecule has 1 rings (SSSR count). The van der Waals surface area contributed by atoms with Gasteiger partial charge in [-0.2, -0.15) is 0 Å². The molecule has 0 aromatic heterocycles. The maximum atomic E-state index is 12.2. The van der Waals surface area contributed by atoms with Crippen LogP contribution >= 0.6 is 0 Å². The van der Waals surface area contributed by atoms with Crippen molar-refractivity contribution in [2.24, 2.45) is 5.92 Å². The lowest BCUT2D eigenvalue weighted by Gasteiger charge is -2.20. The number of para-hydroxylation sites is 1. The van der Waals surface area contributed by atoms with E-state index in [1.807, 2.05) is 0 Å². The van der Waals surface area contributed by atoms with Gasteiger partial charge in [0.05, 0.1) is 6.54 Å². The number of carbonyl (C=O) groups is 1. The Hall–Kier alpha value is -1.35. The number of rotatable bonds is 7. The largest absolute Gasteiger partial charge is 0.324 e. The number of carbonyl (C=O) groups excluding carboxylic acids is 1. The summed E-state index contributed by atoms with van der Waals surface area (Å²) in [4.78, 5) is 12.2. The third kappa shape index (κ3) is 5.50. The third-order valence-corrected chi connectivity index (χ3v) is 3.48. The number of hydrogen-bond acceptors (Lipinski definition) is 2. The third-order valence-electron chi connectivity index (χ3n) is 3.48. The molecule has 0 spiro atoms. The van der Waals surface area contributed by atoms with Crippen LogP contribution in [0.25, 0.3) is 0 Å². The van der Waals surface area contributed by atoms with Crippen molar-refractivity contribution in [3.8, 4) is 0 Å². The molecule has 0 bridgehead atoms. The van der Waals surface area contributed by atoms with Gasteiger partial charge in [0.15, 0.2) is 0 Å². The highest BCUT2D eigenvalue weighted by molar-refractivity contribution is 5.94. The van der Waals surface area contributed by atoms with E-state index >= 15 is 0 Å². The van der Waals surface area contributed by atoms with Crippen LogP contribution in [-0.2, 0) is 4.79 Å². The van der Waals surface area contributed by atoms with E-state index < -0.39 is 0 Å². The summed E-state index contributed by atoms with van der Waals surface area (Å²) in [5.74, 6) is 1.36. The topological polar surface area (TPSA) is 41.1 Å². The second kappa shape index (κ2) is 8.18. The standard InChI is InChI=1S/C18H30N2O/c1-12(2)10-19-11-17(21)20-18-15(13(3)4)8-7-9-16(18)14(5)6/h7-9,12-14,19H,10-11H2,1-6H3,(H,20,21). The highest BCUT2D eigenvalue weighted by Crippen LogP contribution is 2.32. The maximum absolute atomic E-state index is 12.2. The zero-order valence-electron chi connectivity index (χ0n) is 14.3. The fourth-order valence-electron chi connectivity index (χ4n) is 2.35. The monoisotopic (exact) mass is 290 g/mol. The predicted octanol–water partition coefficient (Wildman–Crippen LogP) is 4.12. The number of hydrogen-bond donors (Lipinski definition) is 2. The average molecular weight is 290 g/mol. The molecule has 0 aliphatic rings. The van der Waals surface area contributed by atoms with Gasteiger partial charge in [0, 0.05) is 5.69 Å². The number of nitrogens with one attached hydrogen (secondary N) is 2. The fraction of sp³-hybridized carbons (Fsp3) is 0.611. The van der Waals surface area contributed by atoms with Crippen molar-refractivity contribution in [1.82, 2.24) is 5.32 Å². The van der Waals surface area contributed by atoms with Crippen molar-refractivity contribution >= 4 is 11.6 Å². The first-order chi connectivity index (χ1) is 9.82. The van der Waals surface area contributed by atoms with Crippen LogP contribution in [0.3, 0.4) is 0 Å². The predicted molar refractivity (Wildman–Crippen MR) is 91.0 cm³/mol. The summed E-state index contributed by atoms with van der Waals surface area (Å²) in [6.07, 6.45) is 0. The second-order valence-electron chi connectivity index (χ2n) is 6.69. The van der Waals surface area contributed by atoms with Crippen LogP contribution in [-0.4, -0.2) is 19.0 Å². The van der Waals surface area contributed by atoms with Crippen LogP contribution in [0.2, 0.25) is 0 Å². The molecule has 1 aromatic rings. The first-order valence-corrected chi connectivity index (χ1v) is 7.96. The van der Waals surface area contributed by atoms with E-state index in [1.165, 1.54) is 11.1 Å². The summed E-state index contributed by atoms with van der Waals surface area (Å²) in [5.41, 5.74) is 3.41. The van der Waals surface area contributed by atoms with Crippen molar-refractivity contribution in [2.75, 3.05) is 18.4 Å². The highest BCUT2D eigenvalue weighted by Gasteiger charge is 2.15. The van der Waals surface area contributed by atoms with Gasteiger partial charge in [0.1, 0.15) is 0 Å². The Balaban J connectivity index is 2.87. The summed E-state index contributed by atoms with van der Waals surface area (Å²) < 4.78 is 0. The van der Waals surface area contributed by atoms with E-state index in [1.54, 1.807) is 0 Å². The van der Waals surface area contributed by atoms with Gasteiger partial charge in [-0.25, -0.2) is 0 Å². The minimum Gasteiger partial charge on any atom is -0.324 e. The van der Waals surface area contributed by atoms with Gasteiger partial charge in [-0.1, -0.05) is 59.7 Å². The lowest BCUT2D eigenvalue weighted by Crippen LogP contribution is -2.31. The number of amides is 1. The van der Waals surface area contributed by atoms with Crippen LogP contribution in [0.5, 0.6) is 0 Å². The first-order valence-electron chi connectivity index (χ1n) is 7.96. The van der Waals surface area contributed by atoms with Crippen LogP contribution < -0.4 is 10.6 Å². The van der Waals surface area contributed by atoms with Gasteiger partial charge in [-0.3, -0.25) is 4.79 Å². The van der Waals surface area contributed by atoms with E-state index in [2.05, 4.69) is 70.4 Å². The van der Waals surface area contributed by atoms with E-state index in [4.69, 9.17) is 0 Å². The molecule has 0 saturated heterocycles. The molecule has 0 fully saturated rings. The lowest BCUT2D eigenvalue weighted by atomic mass is 9.92. The van der Waals surface area contributed by atoms with E-state index in [-0.39, 0.29) is 5.91 Å². The average Bonchev–Trinajstić information content (AvgIpc) is 2.37.